The van der Waals surface area contributed by atoms with Crippen molar-refractivity contribution in [3.05, 3.63) is 6.33 Å². The van der Waals surface area contributed by atoms with Crippen molar-refractivity contribution in [3.63, 3.8) is 0 Å². The number of H-pyrrole nitrogens is 1. The molecule has 0 bridgehead atoms. The number of nitrogens with two attached hydrogens (primary N) is 2. The highest BCUT2D eigenvalue weighted by Gasteiger charge is 2.07. The van der Waals surface area contributed by atoms with E-state index in [1.165, 1.54) is 6.33 Å². The van der Waals surface area contributed by atoms with Gasteiger partial charge in [-0.1, -0.05) is 0 Å². The molecule has 2 amide bonds. The maximum atomic E-state index is 10.5. The van der Waals surface area contributed by atoms with Crippen LogP contribution in [-0.2, 0) is 0 Å². The summed E-state index contributed by atoms with van der Waals surface area (Å²) in [6.07, 6.45) is 1.51. The Morgan fingerprint density at radius 2 is 2.24 bits per heavy atom. The lowest BCUT2D eigenvalue weighted by molar-refractivity contribution is 0.249. The van der Waals surface area contributed by atoms with Gasteiger partial charge in [0, 0.05) is 13.1 Å². The van der Waals surface area contributed by atoms with Crippen LogP contribution < -0.4 is 22.1 Å². The molecule has 0 radical (unpaired) electrons. The van der Waals surface area contributed by atoms with Gasteiger partial charge >= 0.3 is 6.03 Å². The summed E-state index contributed by atoms with van der Waals surface area (Å²) in [5, 5.41) is 5.45. The SMILES string of the molecule is NC(=O)NCCNc1nc(N)nc2nc[nH]c12. The van der Waals surface area contributed by atoms with E-state index in [2.05, 4.69) is 30.6 Å². The van der Waals surface area contributed by atoms with Gasteiger partial charge in [-0.05, 0) is 0 Å². The molecule has 9 nitrogen and oxygen atoms in total. The molecule has 9 heteroatoms. The zero-order valence-electron chi connectivity index (χ0n) is 8.90. The first-order valence-electron chi connectivity index (χ1n) is 4.90. The van der Waals surface area contributed by atoms with Gasteiger partial charge in [0.05, 0.1) is 6.33 Å². The van der Waals surface area contributed by atoms with Crippen LogP contribution in [0.25, 0.3) is 11.2 Å². The lowest BCUT2D eigenvalue weighted by Gasteiger charge is -2.06. The van der Waals surface area contributed by atoms with Crippen molar-refractivity contribution in [3.8, 4) is 0 Å². The van der Waals surface area contributed by atoms with E-state index in [4.69, 9.17) is 11.5 Å². The fourth-order valence-electron chi connectivity index (χ4n) is 1.34. The summed E-state index contributed by atoms with van der Waals surface area (Å²) in [7, 11) is 0. The van der Waals surface area contributed by atoms with E-state index in [1.807, 2.05) is 0 Å². The highest BCUT2D eigenvalue weighted by atomic mass is 16.2. The molecule has 90 valence electrons. The quantitative estimate of drug-likeness (QED) is 0.431. The number of rotatable bonds is 4. The van der Waals surface area contributed by atoms with Crippen molar-refractivity contribution in [2.45, 2.75) is 0 Å². The smallest absolute Gasteiger partial charge is 0.312 e. The summed E-state index contributed by atoms with van der Waals surface area (Å²) in [6.45, 7) is 0.850. The number of anilines is 2. The molecular formula is C8H12N8O. The van der Waals surface area contributed by atoms with E-state index in [9.17, 15) is 4.79 Å². The number of hydrogen-bond acceptors (Lipinski definition) is 6. The molecule has 0 aliphatic carbocycles. The number of nitrogens with one attached hydrogen (secondary N) is 3. The Hall–Kier alpha value is -2.58. The summed E-state index contributed by atoms with van der Waals surface area (Å²) in [5.41, 5.74) is 11.6. The first kappa shape index (κ1) is 10.9. The Kier molecular flexibility index (Phi) is 2.90. The summed E-state index contributed by atoms with van der Waals surface area (Å²) < 4.78 is 0. The lowest BCUT2D eigenvalue weighted by atomic mass is 10.4. The molecule has 0 unspecified atom stereocenters. The van der Waals surface area contributed by atoms with Crippen molar-refractivity contribution < 1.29 is 4.79 Å². The number of fused-ring (bicyclic) bond motifs is 1. The molecule has 2 aromatic heterocycles. The van der Waals surface area contributed by atoms with Crippen LogP contribution in [0.3, 0.4) is 0 Å². The van der Waals surface area contributed by atoms with Crippen LogP contribution in [0.5, 0.6) is 0 Å². The van der Waals surface area contributed by atoms with Crippen molar-refractivity contribution in [1.29, 1.82) is 0 Å². The van der Waals surface area contributed by atoms with E-state index in [0.717, 1.165) is 0 Å². The average molecular weight is 236 g/mol. The monoisotopic (exact) mass is 236 g/mol. The van der Waals surface area contributed by atoms with Gasteiger partial charge in [-0.15, -0.1) is 0 Å². The van der Waals surface area contributed by atoms with Crippen LogP contribution in [0.15, 0.2) is 6.33 Å². The number of carbonyl (C=O) groups is 1. The predicted molar refractivity (Wildman–Crippen MR) is 62.2 cm³/mol. The van der Waals surface area contributed by atoms with Crippen LogP contribution in [0.4, 0.5) is 16.6 Å². The average Bonchev–Trinajstić information content (AvgIpc) is 2.71. The topological polar surface area (TPSA) is 148 Å². The van der Waals surface area contributed by atoms with Gasteiger partial charge in [-0.3, -0.25) is 0 Å². The number of primary amides is 1. The third-order valence-corrected chi connectivity index (χ3v) is 2.02. The highest BCUT2D eigenvalue weighted by Crippen LogP contribution is 2.16. The molecule has 0 aliphatic heterocycles. The molecule has 0 aliphatic rings. The Bertz CT molecular complexity index is 535. The van der Waals surface area contributed by atoms with E-state index in [-0.39, 0.29) is 5.95 Å². The molecule has 0 atom stereocenters. The number of aromatic amines is 1. The Balaban J connectivity index is 2.07. The largest absolute Gasteiger partial charge is 0.368 e. The van der Waals surface area contributed by atoms with Gasteiger partial charge in [-0.25, -0.2) is 9.78 Å². The molecule has 17 heavy (non-hydrogen) atoms. The third kappa shape index (κ3) is 2.51. The normalized spacial score (nSPS) is 10.4. The fourth-order valence-corrected chi connectivity index (χ4v) is 1.34. The van der Waals surface area contributed by atoms with Gasteiger partial charge in [0.25, 0.3) is 0 Å². The van der Waals surface area contributed by atoms with Gasteiger partial charge < -0.3 is 27.1 Å². The Morgan fingerprint density at radius 1 is 1.41 bits per heavy atom. The number of carbonyl (C=O) groups excluding carboxylic acids is 1. The summed E-state index contributed by atoms with van der Waals surface area (Å²) in [4.78, 5) is 25.3. The number of nitrogen functional groups attached to an aromatic ring is 1. The molecule has 2 aromatic rings. The molecule has 0 fully saturated rings. The molecule has 2 rings (SSSR count). The van der Waals surface area contributed by atoms with Crippen LogP contribution in [0.1, 0.15) is 0 Å². The van der Waals surface area contributed by atoms with Gasteiger partial charge in [0.15, 0.2) is 11.5 Å². The number of nitrogens with zero attached hydrogens (tertiary/aromatic N) is 3. The van der Waals surface area contributed by atoms with E-state index < -0.39 is 6.03 Å². The number of amides is 2. The van der Waals surface area contributed by atoms with Crippen molar-refractivity contribution >= 4 is 29.0 Å². The first-order chi connectivity index (χ1) is 8.16. The van der Waals surface area contributed by atoms with Crippen LogP contribution in [0.2, 0.25) is 0 Å². The van der Waals surface area contributed by atoms with E-state index in [1.54, 1.807) is 0 Å². The number of hydrogen-bond donors (Lipinski definition) is 5. The maximum absolute atomic E-state index is 10.5. The molecule has 0 saturated heterocycles. The summed E-state index contributed by atoms with van der Waals surface area (Å²) in [6, 6.07) is -0.569. The van der Waals surface area contributed by atoms with Crippen molar-refractivity contribution in [2.24, 2.45) is 5.73 Å². The van der Waals surface area contributed by atoms with Crippen molar-refractivity contribution in [2.75, 3.05) is 24.1 Å². The van der Waals surface area contributed by atoms with Crippen LogP contribution in [-0.4, -0.2) is 39.1 Å². The van der Waals surface area contributed by atoms with Gasteiger partial charge in [0.1, 0.15) is 5.52 Å². The molecule has 0 saturated carbocycles. The lowest BCUT2D eigenvalue weighted by Crippen LogP contribution is -2.33. The second-order valence-electron chi connectivity index (χ2n) is 3.25. The second-order valence-corrected chi connectivity index (χ2v) is 3.25. The fraction of sp³-hybridized carbons (Fsp3) is 0.250. The highest BCUT2D eigenvalue weighted by molar-refractivity contribution is 5.83. The first-order valence-corrected chi connectivity index (χ1v) is 4.90. The minimum atomic E-state index is -0.569. The van der Waals surface area contributed by atoms with Gasteiger partial charge in [0.2, 0.25) is 5.95 Å². The van der Waals surface area contributed by atoms with Crippen molar-refractivity contribution in [1.82, 2.24) is 25.3 Å². The van der Waals surface area contributed by atoms with Crippen LogP contribution in [0, 0.1) is 0 Å². The number of imidazole rings is 1. The van der Waals surface area contributed by atoms with Gasteiger partial charge in [-0.2, -0.15) is 9.97 Å². The van der Waals surface area contributed by atoms with E-state index in [0.29, 0.717) is 30.1 Å². The van der Waals surface area contributed by atoms with Crippen LogP contribution >= 0.6 is 0 Å². The summed E-state index contributed by atoms with van der Waals surface area (Å²) in [5.74, 6) is 0.672. The predicted octanol–water partition coefficient (Wildman–Crippen LogP) is -0.985. The Labute approximate surface area is 96.0 Å². The van der Waals surface area contributed by atoms with E-state index >= 15 is 0 Å². The third-order valence-electron chi connectivity index (χ3n) is 2.02. The molecule has 0 spiro atoms. The number of aromatic nitrogens is 4. The zero-order chi connectivity index (χ0) is 12.3. The molecular weight excluding hydrogens is 224 g/mol. The second kappa shape index (κ2) is 4.51. The zero-order valence-corrected chi connectivity index (χ0v) is 8.90. The molecule has 7 N–H and O–H groups in total. The minimum absolute atomic E-state index is 0.134. The Morgan fingerprint density at radius 3 is 3.00 bits per heavy atom. The minimum Gasteiger partial charge on any atom is -0.368 e. The maximum Gasteiger partial charge on any atom is 0.312 e. The molecule has 2 heterocycles. The molecule has 0 aromatic carbocycles. The standard InChI is InChI=1S/C8H12N8O/c9-7-15-5(11-1-2-12-8(10)17)4-6(16-7)14-3-13-4/h3H,1-2H2,(H3,10,12,17)(H4,9,11,13,14,15,16). The number of urea groups is 1. The summed E-state index contributed by atoms with van der Waals surface area (Å²) >= 11 is 0.